The molecule has 0 N–H and O–H groups in total. The molecule has 0 amide bonds. The number of benzene rings is 1. The Morgan fingerprint density at radius 2 is 2.07 bits per heavy atom. The Kier molecular flexibility index (Phi) is 5.33. The average Bonchev–Trinajstić information content (AvgIpc) is 3.11. The minimum Gasteiger partial charge on any atom is -0.305 e. The standard InChI is InChI=1S/C23H26FN5S/c1-28-21(18-4-2-10-25-15-18)26-27-22(28)30-13-3-11-29-12-9-23(16-29)14-20(23)17-5-7-19(24)8-6-17/h2,4-8,10,15,20H,3,9,11-14,16H2,1H3. The number of hydrogen-bond acceptors (Lipinski definition) is 5. The summed E-state index contributed by atoms with van der Waals surface area (Å²) in [4.78, 5) is 6.77. The molecule has 2 fully saturated rings. The van der Waals surface area contributed by atoms with Crippen LogP contribution in [0.25, 0.3) is 11.4 Å². The number of thioether (sulfide) groups is 1. The first kappa shape index (κ1) is 19.7. The first-order chi connectivity index (χ1) is 14.6. The van der Waals surface area contributed by atoms with Gasteiger partial charge in [-0.15, -0.1) is 10.2 Å². The molecular formula is C23H26FN5S. The Bertz CT molecular complexity index is 1010. The summed E-state index contributed by atoms with van der Waals surface area (Å²) in [6.45, 7) is 3.48. The fraction of sp³-hybridized carbons (Fsp3) is 0.435. The molecule has 5 rings (SSSR count). The van der Waals surface area contributed by atoms with Gasteiger partial charge in [-0.2, -0.15) is 0 Å². The van der Waals surface area contributed by atoms with Gasteiger partial charge in [0, 0.05) is 37.3 Å². The summed E-state index contributed by atoms with van der Waals surface area (Å²) in [6, 6.07) is 11.0. The van der Waals surface area contributed by atoms with Crippen molar-refractivity contribution in [2.75, 3.05) is 25.4 Å². The van der Waals surface area contributed by atoms with Crippen LogP contribution in [-0.4, -0.2) is 50.0 Å². The molecule has 2 atom stereocenters. The predicted molar refractivity (Wildman–Crippen MR) is 117 cm³/mol. The van der Waals surface area contributed by atoms with Gasteiger partial charge in [0.1, 0.15) is 5.82 Å². The van der Waals surface area contributed by atoms with Crippen LogP contribution in [0.5, 0.6) is 0 Å². The van der Waals surface area contributed by atoms with Gasteiger partial charge < -0.3 is 9.47 Å². The second-order valence-electron chi connectivity index (χ2n) is 8.51. The van der Waals surface area contributed by atoms with E-state index in [-0.39, 0.29) is 5.82 Å². The van der Waals surface area contributed by atoms with Crippen LogP contribution < -0.4 is 0 Å². The zero-order chi connectivity index (χ0) is 20.6. The number of nitrogens with zero attached hydrogens (tertiary/aromatic N) is 5. The van der Waals surface area contributed by atoms with Crippen molar-refractivity contribution in [2.45, 2.75) is 30.3 Å². The summed E-state index contributed by atoms with van der Waals surface area (Å²) < 4.78 is 15.2. The van der Waals surface area contributed by atoms with E-state index in [0.29, 0.717) is 11.3 Å². The number of likely N-dealkylation sites (tertiary alicyclic amines) is 1. The summed E-state index contributed by atoms with van der Waals surface area (Å²) in [7, 11) is 2.01. The van der Waals surface area contributed by atoms with Crippen LogP contribution in [-0.2, 0) is 7.05 Å². The number of rotatable bonds is 7. The highest BCUT2D eigenvalue weighted by Crippen LogP contribution is 2.64. The lowest BCUT2D eigenvalue weighted by Gasteiger charge is -2.16. The molecule has 156 valence electrons. The van der Waals surface area contributed by atoms with E-state index in [1.54, 1.807) is 30.1 Å². The maximum Gasteiger partial charge on any atom is 0.191 e. The maximum absolute atomic E-state index is 13.2. The summed E-state index contributed by atoms with van der Waals surface area (Å²) in [5, 5.41) is 9.63. The lowest BCUT2D eigenvalue weighted by Crippen LogP contribution is -2.23. The van der Waals surface area contributed by atoms with Crippen molar-refractivity contribution < 1.29 is 4.39 Å². The quantitative estimate of drug-likeness (QED) is 0.417. The molecule has 7 heteroatoms. The zero-order valence-electron chi connectivity index (χ0n) is 17.2. The van der Waals surface area contributed by atoms with Gasteiger partial charge in [-0.1, -0.05) is 23.9 Å². The average molecular weight is 424 g/mol. The van der Waals surface area contributed by atoms with Crippen LogP contribution >= 0.6 is 11.8 Å². The molecule has 1 aliphatic heterocycles. The SMILES string of the molecule is Cn1c(SCCCN2CCC3(CC3c3ccc(F)cc3)C2)nnc1-c1cccnc1. The fourth-order valence-electron chi connectivity index (χ4n) is 4.78. The fourth-order valence-corrected chi connectivity index (χ4v) is 5.61. The lowest BCUT2D eigenvalue weighted by molar-refractivity contribution is 0.319. The van der Waals surface area contributed by atoms with E-state index in [9.17, 15) is 4.39 Å². The third-order valence-electron chi connectivity index (χ3n) is 6.53. The highest BCUT2D eigenvalue weighted by atomic mass is 32.2. The number of pyridine rings is 1. The van der Waals surface area contributed by atoms with E-state index in [2.05, 4.69) is 20.1 Å². The maximum atomic E-state index is 13.2. The Labute approximate surface area is 180 Å². The van der Waals surface area contributed by atoms with E-state index in [1.165, 1.54) is 31.5 Å². The van der Waals surface area contributed by atoms with E-state index in [4.69, 9.17) is 0 Å². The summed E-state index contributed by atoms with van der Waals surface area (Å²) >= 11 is 1.77. The number of hydrogen-bond donors (Lipinski definition) is 0. The summed E-state index contributed by atoms with van der Waals surface area (Å²) in [5.41, 5.74) is 2.73. The second-order valence-corrected chi connectivity index (χ2v) is 9.57. The van der Waals surface area contributed by atoms with Gasteiger partial charge in [0.15, 0.2) is 11.0 Å². The largest absolute Gasteiger partial charge is 0.305 e. The molecule has 5 nitrogen and oxygen atoms in total. The monoisotopic (exact) mass is 423 g/mol. The lowest BCUT2D eigenvalue weighted by atomic mass is 9.98. The normalized spacial score (nSPS) is 23.3. The van der Waals surface area contributed by atoms with Crippen molar-refractivity contribution in [3.63, 3.8) is 0 Å². The van der Waals surface area contributed by atoms with Crippen molar-refractivity contribution >= 4 is 11.8 Å². The predicted octanol–water partition coefficient (Wildman–Crippen LogP) is 4.38. The van der Waals surface area contributed by atoms with Gasteiger partial charge in [-0.05, 0) is 73.5 Å². The van der Waals surface area contributed by atoms with Crippen LogP contribution in [0.15, 0.2) is 53.9 Å². The van der Waals surface area contributed by atoms with E-state index >= 15 is 0 Å². The molecule has 3 aromatic rings. The highest BCUT2D eigenvalue weighted by Gasteiger charge is 2.57. The van der Waals surface area contributed by atoms with E-state index in [1.807, 2.05) is 42.1 Å². The molecule has 0 bridgehead atoms. The second kappa shape index (κ2) is 8.12. The van der Waals surface area contributed by atoms with Gasteiger partial charge in [0.25, 0.3) is 0 Å². The van der Waals surface area contributed by atoms with Crippen molar-refractivity contribution in [1.82, 2.24) is 24.6 Å². The van der Waals surface area contributed by atoms with Crippen molar-refractivity contribution in [3.8, 4) is 11.4 Å². The Hall–Kier alpha value is -2.25. The number of aromatic nitrogens is 4. The van der Waals surface area contributed by atoms with Crippen molar-refractivity contribution in [1.29, 1.82) is 0 Å². The molecule has 2 aromatic heterocycles. The smallest absolute Gasteiger partial charge is 0.191 e. The zero-order valence-corrected chi connectivity index (χ0v) is 18.0. The number of halogens is 1. The van der Waals surface area contributed by atoms with Gasteiger partial charge in [-0.3, -0.25) is 4.98 Å². The molecule has 0 radical (unpaired) electrons. The Balaban J connectivity index is 1.09. The first-order valence-corrected chi connectivity index (χ1v) is 11.5. The van der Waals surface area contributed by atoms with Crippen LogP contribution in [0.2, 0.25) is 0 Å². The minimum atomic E-state index is -0.144. The molecule has 1 saturated heterocycles. The van der Waals surface area contributed by atoms with E-state index < -0.39 is 0 Å². The summed E-state index contributed by atoms with van der Waals surface area (Å²) in [6.07, 6.45) is 7.23. The Morgan fingerprint density at radius 1 is 1.20 bits per heavy atom. The molecule has 1 aromatic carbocycles. The first-order valence-electron chi connectivity index (χ1n) is 10.6. The third-order valence-corrected chi connectivity index (χ3v) is 7.64. The molecule has 2 unspecified atom stereocenters. The van der Waals surface area contributed by atoms with Crippen LogP contribution in [0.3, 0.4) is 0 Å². The van der Waals surface area contributed by atoms with Crippen molar-refractivity contribution in [2.24, 2.45) is 12.5 Å². The Morgan fingerprint density at radius 3 is 2.87 bits per heavy atom. The van der Waals surface area contributed by atoms with Crippen LogP contribution in [0.1, 0.15) is 30.7 Å². The topological polar surface area (TPSA) is 46.8 Å². The molecule has 1 aliphatic carbocycles. The van der Waals surface area contributed by atoms with Crippen LogP contribution in [0, 0.1) is 11.2 Å². The van der Waals surface area contributed by atoms with Crippen LogP contribution in [0.4, 0.5) is 4.39 Å². The molecule has 2 aliphatic rings. The van der Waals surface area contributed by atoms with Crippen molar-refractivity contribution in [3.05, 3.63) is 60.2 Å². The molecule has 1 saturated carbocycles. The van der Waals surface area contributed by atoms with Gasteiger partial charge in [-0.25, -0.2) is 4.39 Å². The van der Waals surface area contributed by atoms with Gasteiger partial charge >= 0.3 is 0 Å². The summed E-state index contributed by atoms with van der Waals surface area (Å²) in [5.74, 6) is 2.35. The molecule has 3 heterocycles. The molecule has 1 spiro atoms. The molecule has 30 heavy (non-hydrogen) atoms. The third kappa shape index (κ3) is 3.88. The van der Waals surface area contributed by atoms with Gasteiger partial charge in [0.05, 0.1) is 0 Å². The van der Waals surface area contributed by atoms with Gasteiger partial charge in [0.2, 0.25) is 0 Å². The highest BCUT2D eigenvalue weighted by molar-refractivity contribution is 7.99. The van der Waals surface area contributed by atoms with E-state index in [0.717, 1.165) is 35.3 Å². The minimum absolute atomic E-state index is 0.144. The molecular weight excluding hydrogens is 397 g/mol.